The third-order valence-corrected chi connectivity index (χ3v) is 6.27. The SMILES string of the molecule is Cc1ccc(C2c3ccccc3C(c3ccccc3)c3nc4ccccc4n32)cc1. The summed E-state index contributed by atoms with van der Waals surface area (Å²) < 4.78 is 2.46. The highest BCUT2D eigenvalue weighted by molar-refractivity contribution is 5.78. The van der Waals surface area contributed by atoms with Gasteiger partial charge in [0.1, 0.15) is 5.82 Å². The third-order valence-electron chi connectivity index (χ3n) is 6.27. The smallest absolute Gasteiger partial charge is 0.122 e. The lowest BCUT2D eigenvalue weighted by Crippen LogP contribution is -2.26. The van der Waals surface area contributed by atoms with Crippen molar-refractivity contribution in [2.45, 2.75) is 18.9 Å². The summed E-state index contributed by atoms with van der Waals surface area (Å²) in [5.74, 6) is 1.24. The molecule has 6 rings (SSSR count). The first-order valence-corrected chi connectivity index (χ1v) is 10.5. The number of rotatable bonds is 2. The van der Waals surface area contributed by atoms with Crippen molar-refractivity contribution in [3.05, 3.63) is 137 Å². The molecule has 0 bridgehead atoms. The van der Waals surface area contributed by atoms with Gasteiger partial charge in [-0.15, -0.1) is 0 Å². The normalized spacial score (nSPS) is 17.5. The van der Waals surface area contributed by atoms with Gasteiger partial charge in [-0.05, 0) is 41.3 Å². The molecule has 2 heteroatoms. The van der Waals surface area contributed by atoms with Crippen molar-refractivity contribution in [2.24, 2.45) is 0 Å². The lowest BCUT2D eigenvalue weighted by atomic mass is 9.80. The van der Waals surface area contributed by atoms with E-state index in [0.717, 1.165) is 11.3 Å². The van der Waals surface area contributed by atoms with Gasteiger partial charge < -0.3 is 4.57 Å². The minimum Gasteiger partial charge on any atom is -0.315 e. The maximum Gasteiger partial charge on any atom is 0.122 e. The number of hydrogen-bond acceptors (Lipinski definition) is 1. The van der Waals surface area contributed by atoms with Gasteiger partial charge >= 0.3 is 0 Å². The number of aromatic nitrogens is 2. The molecule has 0 saturated heterocycles. The zero-order valence-corrected chi connectivity index (χ0v) is 16.9. The minimum absolute atomic E-state index is 0.115. The molecular formula is C28H22N2. The summed E-state index contributed by atoms with van der Waals surface area (Å²) in [6.45, 7) is 2.14. The van der Waals surface area contributed by atoms with Gasteiger partial charge in [0.05, 0.1) is 23.0 Å². The molecule has 5 aromatic rings. The number of para-hydroxylation sites is 2. The molecule has 0 spiro atoms. The Morgan fingerprint density at radius 1 is 0.633 bits per heavy atom. The van der Waals surface area contributed by atoms with E-state index in [1.807, 2.05) is 0 Å². The molecule has 1 aromatic heterocycles. The molecule has 4 aromatic carbocycles. The van der Waals surface area contributed by atoms with Gasteiger partial charge in [0, 0.05) is 0 Å². The van der Waals surface area contributed by atoms with Gasteiger partial charge in [0.15, 0.2) is 0 Å². The topological polar surface area (TPSA) is 17.8 Å². The van der Waals surface area contributed by atoms with Crippen molar-refractivity contribution in [3.63, 3.8) is 0 Å². The minimum atomic E-state index is 0.115. The summed E-state index contributed by atoms with van der Waals surface area (Å²) in [5.41, 5.74) is 8.79. The summed E-state index contributed by atoms with van der Waals surface area (Å²) in [5, 5.41) is 0. The predicted octanol–water partition coefficient (Wildman–Crippen LogP) is 6.48. The van der Waals surface area contributed by atoms with Crippen LogP contribution in [0, 0.1) is 6.92 Å². The van der Waals surface area contributed by atoms with Gasteiger partial charge in [0.25, 0.3) is 0 Å². The molecule has 2 heterocycles. The van der Waals surface area contributed by atoms with E-state index in [1.165, 1.54) is 33.3 Å². The predicted molar refractivity (Wildman–Crippen MR) is 122 cm³/mol. The third kappa shape index (κ3) is 2.54. The average Bonchev–Trinajstić information content (AvgIpc) is 3.17. The van der Waals surface area contributed by atoms with E-state index >= 15 is 0 Å². The van der Waals surface area contributed by atoms with Gasteiger partial charge in [-0.1, -0.05) is 96.6 Å². The maximum absolute atomic E-state index is 5.17. The fourth-order valence-electron chi connectivity index (χ4n) is 4.89. The van der Waals surface area contributed by atoms with E-state index in [1.54, 1.807) is 0 Å². The van der Waals surface area contributed by atoms with Crippen molar-refractivity contribution in [3.8, 4) is 0 Å². The number of benzene rings is 4. The number of hydrogen-bond donors (Lipinski definition) is 0. The second kappa shape index (κ2) is 6.70. The number of imidazole rings is 1. The van der Waals surface area contributed by atoms with Crippen molar-refractivity contribution < 1.29 is 0 Å². The molecule has 2 unspecified atom stereocenters. The highest BCUT2D eigenvalue weighted by Gasteiger charge is 2.36. The number of fused-ring (bicyclic) bond motifs is 4. The van der Waals surface area contributed by atoms with Crippen molar-refractivity contribution in [2.75, 3.05) is 0 Å². The van der Waals surface area contributed by atoms with Crippen LogP contribution < -0.4 is 0 Å². The van der Waals surface area contributed by atoms with Gasteiger partial charge in [0.2, 0.25) is 0 Å². The first kappa shape index (κ1) is 17.2. The van der Waals surface area contributed by atoms with Crippen LogP contribution in [0.4, 0.5) is 0 Å². The molecule has 2 atom stereocenters. The molecule has 0 N–H and O–H groups in total. The molecule has 144 valence electrons. The van der Waals surface area contributed by atoms with Crippen LogP contribution in [0.5, 0.6) is 0 Å². The largest absolute Gasteiger partial charge is 0.315 e. The van der Waals surface area contributed by atoms with Crippen molar-refractivity contribution in [1.82, 2.24) is 9.55 Å². The number of nitrogens with zero attached hydrogens (tertiary/aromatic N) is 2. The Morgan fingerprint density at radius 2 is 1.30 bits per heavy atom. The Kier molecular flexibility index (Phi) is 3.85. The fourth-order valence-corrected chi connectivity index (χ4v) is 4.89. The second-order valence-electron chi connectivity index (χ2n) is 8.11. The zero-order chi connectivity index (χ0) is 20.1. The first-order valence-electron chi connectivity index (χ1n) is 10.5. The first-order chi connectivity index (χ1) is 14.8. The molecular weight excluding hydrogens is 364 g/mol. The van der Waals surface area contributed by atoms with Crippen LogP contribution in [0.3, 0.4) is 0 Å². The molecule has 0 radical (unpaired) electrons. The van der Waals surface area contributed by atoms with Crippen LogP contribution in [0.15, 0.2) is 103 Å². The van der Waals surface area contributed by atoms with E-state index < -0.39 is 0 Å². The monoisotopic (exact) mass is 386 g/mol. The van der Waals surface area contributed by atoms with Gasteiger partial charge in [-0.25, -0.2) is 4.98 Å². The van der Waals surface area contributed by atoms with Crippen LogP contribution >= 0.6 is 0 Å². The fraction of sp³-hybridized carbons (Fsp3) is 0.107. The van der Waals surface area contributed by atoms with E-state index in [9.17, 15) is 0 Å². The molecule has 0 aliphatic carbocycles. The highest BCUT2D eigenvalue weighted by Crippen LogP contribution is 2.46. The van der Waals surface area contributed by atoms with Crippen LogP contribution in [-0.2, 0) is 0 Å². The molecule has 1 aliphatic heterocycles. The Morgan fingerprint density at radius 3 is 2.10 bits per heavy atom. The molecule has 0 saturated carbocycles. The molecule has 0 fully saturated rings. The summed E-state index contributed by atoms with van der Waals surface area (Å²) in [6, 6.07) is 37.2. The van der Waals surface area contributed by atoms with Crippen LogP contribution in [0.2, 0.25) is 0 Å². The second-order valence-corrected chi connectivity index (χ2v) is 8.11. The Hall–Kier alpha value is -3.65. The Bertz CT molecular complexity index is 1350. The highest BCUT2D eigenvalue weighted by atomic mass is 15.1. The lowest BCUT2D eigenvalue weighted by Gasteiger charge is -2.34. The van der Waals surface area contributed by atoms with Crippen LogP contribution in [0.25, 0.3) is 11.0 Å². The van der Waals surface area contributed by atoms with E-state index in [0.29, 0.717) is 0 Å². The quantitative estimate of drug-likeness (QED) is 0.333. The molecule has 0 amide bonds. The van der Waals surface area contributed by atoms with Crippen molar-refractivity contribution >= 4 is 11.0 Å². The van der Waals surface area contributed by atoms with Crippen LogP contribution in [0.1, 0.15) is 45.6 Å². The van der Waals surface area contributed by atoms with Crippen LogP contribution in [-0.4, -0.2) is 9.55 Å². The summed E-state index contributed by atoms with van der Waals surface area (Å²) in [6.07, 6.45) is 0. The average molecular weight is 386 g/mol. The van der Waals surface area contributed by atoms with E-state index in [4.69, 9.17) is 4.98 Å². The molecule has 30 heavy (non-hydrogen) atoms. The Labute approximate surface area is 176 Å². The Balaban J connectivity index is 1.71. The lowest BCUT2D eigenvalue weighted by molar-refractivity contribution is 0.599. The summed E-state index contributed by atoms with van der Waals surface area (Å²) >= 11 is 0. The van der Waals surface area contributed by atoms with Gasteiger partial charge in [-0.3, -0.25) is 0 Å². The van der Waals surface area contributed by atoms with Gasteiger partial charge in [-0.2, -0.15) is 0 Å². The van der Waals surface area contributed by atoms with E-state index in [-0.39, 0.29) is 12.0 Å². The zero-order valence-electron chi connectivity index (χ0n) is 16.9. The summed E-state index contributed by atoms with van der Waals surface area (Å²) in [4.78, 5) is 5.17. The van der Waals surface area contributed by atoms with E-state index in [2.05, 4.69) is 115 Å². The number of aryl methyl sites for hydroxylation is 1. The standard InChI is InChI=1S/C28H22N2/c1-19-15-17-21(18-16-19)27-23-12-6-5-11-22(23)26(20-9-3-2-4-10-20)28-29-24-13-7-8-14-25(24)30(27)28/h2-18,26-27H,1H3. The molecule has 1 aliphatic rings. The molecule has 2 nitrogen and oxygen atoms in total. The van der Waals surface area contributed by atoms with Crippen molar-refractivity contribution in [1.29, 1.82) is 0 Å². The maximum atomic E-state index is 5.17. The summed E-state index contributed by atoms with van der Waals surface area (Å²) in [7, 11) is 0.